The first-order valence-electron chi connectivity index (χ1n) is 5.85. The summed E-state index contributed by atoms with van der Waals surface area (Å²) < 4.78 is 0. The molecular formula is C14H15N3O. The summed E-state index contributed by atoms with van der Waals surface area (Å²) in [5, 5.41) is 3.90. The molecule has 0 saturated heterocycles. The second-order valence-electron chi connectivity index (χ2n) is 3.86. The van der Waals surface area contributed by atoms with Crippen molar-refractivity contribution >= 4 is 12.1 Å². The largest absolute Gasteiger partial charge is 0.357 e. The van der Waals surface area contributed by atoms with Gasteiger partial charge in [-0.1, -0.05) is 30.3 Å². The van der Waals surface area contributed by atoms with Crippen molar-refractivity contribution in [2.45, 2.75) is 12.8 Å². The van der Waals surface area contributed by atoms with Gasteiger partial charge in [-0.3, -0.25) is 4.79 Å². The molecule has 0 bridgehead atoms. The summed E-state index contributed by atoms with van der Waals surface area (Å²) in [5.41, 5.74) is 4.24. The maximum Gasteiger partial charge on any atom is 0.287 e. The minimum absolute atomic E-state index is 0.226. The second kappa shape index (κ2) is 6.39. The number of carbonyl (C=O) groups excluding carboxylic acids is 1. The van der Waals surface area contributed by atoms with Gasteiger partial charge in [-0.2, -0.15) is 5.10 Å². The summed E-state index contributed by atoms with van der Waals surface area (Å²) in [7, 11) is 0. The van der Waals surface area contributed by atoms with Crippen LogP contribution in [0.3, 0.4) is 0 Å². The zero-order valence-corrected chi connectivity index (χ0v) is 9.97. The van der Waals surface area contributed by atoms with E-state index in [1.165, 1.54) is 5.56 Å². The first-order chi connectivity index (χ1) is 8.86. The minimum Gasteiger partial charge on any atom is -0.357 e. The van der Waals surface area contributed by atoms with E-state index in [2.05, 4.69) is 27.6 Å². The van der Waals surface area contributed by atoms with Crippen molar-refractivity contribution in [3.05, 3.63) is 59.9 Å². The van der Waals surface area contributed by atoms with Crippen LogP contribution in [0.2, 0.25) is 0 Å². The number of benzene rings is 1. The van der Waals surface area contributed by atoms with Crippen LogP contribution in [0, 0.1) is 0 Å². The molecule has 18 heavy (non-hydrogen) atoms. The van der Waals surface area contributed by atoms with Gasteiger partial charge in [-0.25, -0.2) is 5.43 Å². The van der Waals surface area contributed by atoms with Gasteiger partial charge >= 0.3 is 0 Å². The van der Waals surface area contributed by atoms with Gasteiger partial charge in [0, 0.05) is 12.4 Å². The van der Waals surface area contributed by atoms with Crippen molar-refractivity contribution in [3.63, 3.8) is 0 Å². The lowest BCUT2D eigenvalue weighted by Gasteiger charge is -1.97. The van der Waals surface area contributed by atoms with E-state index in [1.54, 1.807) is 24.5 Å². The number of nitrogens with zero attached hydrogens (tertiary/aromatic N) is 1. The third-order valence-electron chi connectivity index (χ3n) is 2.50. The molecule has 0 radical (unpaired) electrons. The molecule has 1 aromatic heterocycles. The van der Waals surface area contributed by atoms with Crippen LogP contribution in [0.5, 0.6) is 0 Å². The molecule has 0 aliphatic rings. The number of aromatic nitrogens is 1. The Balaban J connectivity index is 1.71. The predicted molar refractivity (Wildman–Crippen MR) is 71.5 cm³/mol. The number of aromatic amines is 1. The molecular weight excluding hydrogens is 226 g/mol. The molecule has 0 aliphatic carbocycles. The molecule has 2 N–H and O–H groups in total. The van der Waals surface area contributed by atoms with Crippen LogP contribution >= 0.6 is 0 Å². The van der Waals surface area contributed by atoms with Crippen LogP contribution in [0.4, 0.5) is 0 Å². The number of hydrogen-bond acceptors (Lipinski definition) is 2. The summed E-state index contributed by atoms with van der Waals surface area (Å²) in [6.45, 7) is 0. The Morgan fingerprint density at radius 3 is 2.78 bits per heavy atom. The smallest absolute Gasteiger partial charge is 0.287 e. The number of nitrogens with one attached hydrogen (secondary N) is 2. The van der Waals surface area contributed by atoms with Crippen molar-refractivity contribution in [1.82, 2.24) is 10.4 Å². The zero-order chi connectivity index (χ0) is 12.6. The predicted octanol–water partition coefficient (Wildman–Crippen LogP) is 2.36. The average Bonchev–Trinajstić information content (AvgIpc) is 2.93. The van der Waals surface area contributed by atoms with E-state index >= 15 is 0 Å². The number of H-pyrrole nitrogens is 1. The molecule has 2 aromatic rings. The van der Waals surface area contributed by atoms with Gasteiger partial charge in [0.15, 0.2) is 0 Å². The molecule has 2 rings (SSSR count). The molecule has 0 unspecified atom stereocenters. The van der Waals surface area contributed by atoms with Crippen LogP contribution in [0.1, 0.15) is 22.5 Å². The Kier molecular flexibility index (Phi) is 4.30. The Morgan fingerprint density at radius 2 is 2.06 bits per heavy atom. The van der Waals surface area contributed by atoms with E-state index in [0.717, 1.165) is 12.8 Å². The van der Waals surface area contributed by atoms with Gasteiger partial charge in [-0.05, 0) is 30.5 Å². The molecule has 1 amide bonds. The van der Waals surface area contributed by atoms with Crippen LogP contribution in [0.25, 0.3) is 0 Å². The van der Waals surface area contributed by atoms with Gasteiger partial charge in [0.05, 0.1) is 0 Å². The molecule has 4 nitrogen and oxygen atoms in total. The lowest BCUT2D eigenvalue weighted by atomic mass is 10.1. The molecule has 4 heteroatoms. The van der Waals surface area contributed by atoms with Crippen LogP contribution in [-0.2, 0) is 6.42 Å². The summed E-state index contributed by atoms with van der Waals surface area (Å²) in [5.74, 6) is -0.226. The molecule has 0 atom stereocenters. The van der Waals surface area contributed by atoms with Gasteiger partial charge in [0.1, 0.15) is 5.69 Å². The van der Waals surface area contributed by atoms with Crippen molar-refractivity contribution in [1.29, 1.82) is 0 Å². The monoisotopic (exact) mass is 241 g/mol. The highest BCUT2D eigenvalue weighted by Crippen LogP contribution is 2.00. The number of hydrazone groups is 1. The quantitative estimate of drug-likeness (QED) is 0.612. The van der Waals surface area contributed by atoms with Gasteiger partial charge in [0.2, 0.25) is 0 Å². The fourth-order valence-electron chi connectivity index (χ4n) is 1.58. The van der Waals surface area contributed by atoms with E-state index in [-0.39, 0.29) is 5.91 Å². The topological polar surface area (TPSA) is 57.2 Å². The maximum absolute atomic E-state index is 11.5. The van der Waals surface area contributed by atoms with Crippen LogP contribution < -0.4 is 5.43 Å². The number of carbonyl (C=O) groups is 1. The summed E-state index contributed by atoms with van der Waals surface area (Å²) in [4.78, 5) is 14.3. The number of aryl methyl sites for hydroxylation is 1. The molecule has 1 aromatic carbocycles. The Morgan fingerprint density at radius 1 is 1.22 bits per heavy atom. The van der Waals surface area contributed by atoms with E-state index in [9.17, 15) is 4.79 Å². The van der Waals surface area contributed by atoms with E-state index in [4.69, 9.17) is 0 Å². The third-order valence-corrected chi connectivity index (χ3v) is 2.50. The Hall–Kier alpha value is -2.36. The lowest BCUT2D eigenvalue weighted by Crippen LogP contribution is -2.17. The van der Waals surface area contributed by atoms with Crippen LogP contribution in [0.15, 0.2) is 53.8 Å². The normalized spacial score (nSPS) is 10.7. The summed E-state index contributed by atoms with van der Waals surface area (Å²) in [6.07, 6.45) is 5.14. The average molecular weight is 241 g/mol. The first kappa shape index (κ1) is 12.1. The van der Waals surface area contributed by atoms with E-state index in [0.29, 0.717) is 5.69 Å². The first-order valence-corrected chi connectivity index (χ1v) is 5.85. The van der Waals surface area contributed by atoms with Gasteiger partial charge in [-0.15, -0.1) is 0 Å². The standard InChI is InChI=1S/C14H15N3O/c18-14(13-9-5-10-15-13)17-16-11-4-8-12-6-2-1-3-7-12/h1-3,5-7,9-11,15H,4,8H2,(H,17,18)/b16-11-. The fourth-order valence-corrected chi connectivity index (χ4v) is 1.58. The van der Waals surface area contributed by atoms with Gasteiger partial charge < -0.3 is 4.98 Å². The van der Waals surface area contributed by atoms with Crippen molar-refractivity contribution in [3.8, 4) is 0 Å². The van der Waals surface area contributed by atoms with Crippen molar-refractivity contribution in [2.24, 2.45) is 5.10 Å². The molecule has 0 spiro atoms. The highest BCUT2D eigenvalue weighted by Gasteiger charge is 2.02. The highest BCUT2D eigenvalue weighted by molar-refractivity contribution is 5.92. The highest BCUT2D eigenvalue weighted by atomic mass is 16.2. The molecule has 92 valence electrons. The zero-order valence-electron chi connectivity index (χ0n) is 9.97. The number of rotatable bonds is 5. The second-order valence-corrected chi connectivity index (χ2v) is 3.86. The molecule has 0 saturated carbocycles. The third kappa shape index (κ3) is 3.59. The molecule has 0 fully saturated rings. The number of amides is 1. The fraction of sp³-hybridized carbons (Fsp3) is 0.143. The number of hydrogen-bond donors (Lipinski definition) is 2. The SMILES string of the molecule is O=C(N/N=C\CCc1ccccc1)c1ccc[nH]1. The van der Waals surface area contributed by atoms with Crippen LogP contribution in [-0.4, -0.2) is 17.1 Å². The molecule has 1 heterocycles. The van der Waals surface area contributed by atoms with Crippen molar-refractivity contribution < 1.29 is 4.79 Å². The van der Waals surface area contributed by atoms with Gasteiger partial charge in [0.25, 0.3) is 5.91 Å². The Bertz CT molecular complexity index is 503. The maximum atomic E-state index is 11.5. The summed E-state index contributed by atoms with van der Waals surface area (Å²) >= 11 is 0. The molecule has 0 aliphatic heterocycles. The minimum atomic E-state index is -0.226. The Labute approximate surface area is 106 Å². The van der Waals surface area contributed by atoms with E-state index in [1.807, 2.05) is 18.2 Å². The summed E-state index contributed by atoms with van der Waals surface area (Å²) in [6, 6.07) is 13.6. The van der Waals surface area contributed by atoms with Crippen molar-refractivity contribution in [2.75, 3.05) is 0 Å². The lowest BCUT2D eigenvalue weighted by molar-refractivity contribution is 0.0950. The van der Waals surface area contributed by atoms with E-state index < -0.39 is 0 Å².